The van der Waals surface area contributed by atoms with Gasteiger partial charge < -0.3 is 4.42 Å². The zero-order chi connectivity index (χ0) is 21.9. The molecule has 2 heteroatoms. The van der Waals surface area contributed by atoms with Crippen molar-refractivity contribution in [3.8, 4) is 33.4 Å². The Labute approximate surface area is 196 Å². The van der Waals surface area contributed by atoms with Gasteiger partial charge in [-0.1, -0.05) is 96.5 Å². The van der Waals surface area contributed by atoms with Gasteiger partial charge in [-0.3, -0.25) is 0 Å². The molecule has 0 spiro atoms. The minimum atomic E-state index is 0.754. The van der Waals surface area contributed by atoms with Crippen LogP contribution in [0.4, 0.5) is 0 Å². The molecule has 0 radical (unpaired) electrons. The Morgan fingerprint density at radius 2 is 1.21 bits per heavy atom. The normalized spacial score (nSPS) is 12.3. The summed E-state index contributed by atoms with van der Waals surface area (Å²) >= 11 is 6.65. The summed E-state index contributed by atoms with van der Waals surface area (Å²) in [5, 5.41) is 3.08. The second-order valence-corrected chi connectivity index (χ2v) is 9.02. The highest BCUT2D eigenvalue weighted by molar-refractivity contribution is 6.33. The van der Waals surface area contributed by atoms with Gasteiger partial charge in [0.1, 0.15) is 11.2 Å². The summed E-state index contributed by atoms with van der Waals surface area (Å²) in [7, 11) is 0. The summed E-state index contributed by atoms with van der Waals surface area (Å²) in [4.78, 5) is 0. The van der Waals surface area contributed by atoms with E-state index in [1.807, 2.05) is 24.3 Å². The minimum Gasteiger partial charge on any atom is -0.456 e. The third-order valence-corrected chi connectivity index (χ3v) is 7.14. The molecule has 1 aliphatic carbocycles. The molecule has 0 aliphatic heterocycles. The SMILES string of the molecule is Clc1ccccc1-c1ccccc1-c1cc2c(c3oc4ccccc4c13)Cc1ccccc1-2. The van der Waals surface area contributed by atoms with Gasteiger partial charge in [-0.25, -0.2) is 0 Å². The summed E-state index contributed by atoms with van der Waals surface area (Å²) in [6.07, 6.45) is 0.897. The van der Waals surface area contributed by atoms with Gasteiger partial charge in [0.25, 0.3) is 0 Å². The Balaban J connectivity index is 1.63. The Bertz CT molecular complexity index is 1710. The van der Waals surface area contributed by atoms with Crippen LogP contribution in [0.2, 0.25) is 5.02 Å². The predicted molar refractivity (Wildman–Crippen MR) is 138 cm³/mol. The Morgan fingerprint density at radius 1 is 0.576 bits per heavy atom. The van der Waals surface area contributed by atoms with Crippen LogP contribution in [0.25, 0.3) is 55.3 Å². The third kappa shape index (κ3) is 2.73. The maximum Gasteiger partial charge on any atom is 0.140 e. The van der Waals surface area contributed by atoms with Crippen molar-refractivity contribution in [2.24, 2.45) is 0 Å². The average molecular weight is 443 g/mol. The van der Waals surface area contributed by atoms with Crippen LogP contribution in [0, 0.1) is 0 Å². The van der Waals surface area contributed by atoms with Crippen molar-refractivity contribution in [1.29, 1.82) is 0 Å². The van der Waals surface area contributed by atoms with Crippen molar-refractivity contribution in [2.75, 3.05) is 0 Å². The van der Waals surface area contributed by atoms with Gasteiger partial charge in [-0.2, -0.15) is 0 Å². The molecule has 1 heterocycles. The lowest BCUT2D eigenvalue weighted by atomic mass is 9.89. The number of hydrogen-bond acceptors (Lipinski definition) is 1. The maximum atomic E-state index is 6.65. The first-order valence-corrected chi connectivity index (χ1v) is 11.6. The highest BCUT2D eigenvalue weighted by Gasteiger charge is 2.26. The lowest BCUT2D eigenvalue weighted by Gasteiger charge is -2.14. The molecule has 5 aromatic carbocycles. The van der Waals surface area contributed by atoms with Crippen LogP contribution >= 0.6 is 11.6 Å². The molecule has 156 valence electrons. The number of fused-ring (bicyclic) bond motifs is 7. The van der Waals surface area contributed by atoms with Crippen molar-refractivity contribution in [3.05, 3.63) is 119 Å². The first kappa shape index (κ1) is 18.7. The smallest absolute Gasteiger partial charge is 0.140 e. The van der Waals surface area contributed by atoms with Crippen molar-refractivity contribution in [3.63, 3.8) is 0 Å². The summed E-state index contributed by atoms with van der Waals surface area (Å²) < 4.78 is 6.53. The molecule has 0 unspecified atom stereocenters. The Hall–Kier alpha value is -3.81. The topological polar surface area (TPSA) is 13.1 Å². The average Bonchev–Trinajstić information content (AvgIpc) is 3.43. The maximum absolute atomic E-state index is 6.65. The van der Waals surface area contributed by atoms with Crippen molar-refractivity contribution >= 4 is 33.5 Å². The molecular formula is C31H19ClO. The molecule has 0 saturated heterocycles. The number of halogens is 1. The molecule has 0 N–H and O–H groups in total. The molecule has 33 heavy (non-hydrogen) atoms. The van der Waals surface area contributed by atoms with Gasteiger partial charge in [0.05, 0.1) is 0 Å². The van der Waals surface area contributed by atoms with Gasteiger partial charge in [0, 0.05) is 33.3 Å². The molecule has 0 bridgehead atoms. The second kappa shape index (κ2) is 7.10. The zero-order valence-electron chi connectivity index (χ0n) is 17.8. The fraction of sp³-hybridized carbons (Fsp3) is 0.0323. The van der Waals surface area contributed by atoms with Crippen LogP contribution in [0.1, 0.15) is 11.1 Å². The Kier molecular flexibility index (Phi) is 4.03. The zero-order valence-corrected chi connectivity index (χ0v) is 18.6. The van der Waals surface area contributed by atoms with E-state index in [0.29, 0.717) is 0 Å². The predicted octanol–water partition coefficient (Wildman–Crippen LogP) is 9.14. The number of para-hydroxylation sites is 1. The van der Waals surface area contributed by atoms with E-state index in [1.54, 1.807) is 0 Å². The van der Waals surface area contributed by atoms with E-state index in [9.17, 15) is 0 Å². The molecule has 1 aromatic heterocycles. The molecule has 6 aromatic rings. The number of furan rings is 1. The lowest BCUT2D eigenvalue weighted by molar-refractivity contribution is 0.665. The van der Waals surface area contributed by atoms with Gasteiger partial charge in [-0.15, -0.1) is 0 Å². The van der Waals surface area contributed by atoms with Crippen LogP contribution in [0.5, 0.6) is 0 Å². The van der Waals surface area contributed by atoms with Crippen LogP contribution in [-0.2, 0) is 6.42 Å². The summed E-state index contributed by atoms with van der Waals surface area (Å²) in [6, 6.07) is 36.0. The molecule has 7 rings (SSSR count). The highest BCUT2D eigenvalue weighted by Crippen LogP contribution is 2.49. The minimum absolute atomic E-state index is 0.754. The fourth-order valence-corrected chi connectivity index (χ4v) is 5.58. The largest absolute Gasteiger partial charge is 0.456 e. The summed E-state index contributed by atoms with van der Waals surface area (Å²) in [5.74, 6) is 0. The van der Waals surface area contributed by atoms with E-state index < -0.39 is 0 Å². The van der Waals surface area contributed by atoms with E-state index in [2.05, 4.69) is 78.9 Å². The summed E-state index contributed by atoms with van der Waals surface area (Å²) in [5.41, 5.74) is 11.6. The van der Waals surface area contributed by atoms with Gasteiger partial charge in [0.2, 0.25) is 0 Å². The van der Waals surface area contributed by atoms with Crippen molar-refractivity contribution in [1.82, 2.24) is 0 Å². The monoisotopic (exact) mass is 442 g/mol. The first-order chi connectivity index (χ1) is 16.3. The van der Waals surface area contributed by atoms with E-state index >= 15 is 0 Å². The van der Waals surface area contributed by atoms with Crippen LogP contribution in [0.3, 0.4) is 0 Å². The van der Waals surface area contributed by atoms with Crippen molar-refractivity contribution < 1.29 is 4.42 Å². The number of rotatable bonds is 2. The molecule has 0 atom stereocenters. The third-order valence-electron chi connectivity index (χ3n) is 6.81. The molecule has 0 saturated carbocycles. The van der Waals surface area contributed by atoms with Gasteiger partial charge in [0.15, 0.2) is 0 Å². The molecular weight excluding hydrogens is 424 g/mol. The Morgan fingerprint density at radius 3 is 2.03 bits per heavy atom. The standard InChI is InChI=1S/C31H19ClO/c32-28-15-7-5-13-23(28)21-11-3-4-12-22(21)26-18-25-20-10-2-1-9-19(20)17-27(25)31-30(26)24-14-6-8-16-29(24)33-31/h1-16,18H,17H2. The van der Waals surface area contributed by atoms with Crippen molar-refractivity contribution in [2.45, 2.75) is 6.42 Å². The number of benzene rings is 5. The molecule has 1 aliphatic rings. The molecule has 1 nitrogen and oxygen atoms in total. The summed E-state index contributed by atoms with van der Waals surface area (Å²) in [6.45, 7) is 0. The van der Waals surface area contributed by atoms with Gasteiger partial charge >= 0.3 is 0 Å². The molecule has 0 amide bonds. The van der Waals surface area contributed by atoms with Crippen LogP contribution < -0.4 is 0 Å². The van der Waals surface area contributed by atoms with Crippen LogP contribution in [0.15, 0.2) is 108 Å². The van der Waals surface area contributed by atoms with E-state index in [1.165, 1.54) is 33.2 Å². The van der Waals surface area contributed by atoms with E-state index in [0.717, 1.165) is 44.7 Å². The lowest BCUT2D eigenvalue weighted by Crippen LogP contribution is -1.90. The second-order valence-electron chi connectivity index (χ2n) is 8.61. The number of hydrogen-bond donors (Lipinski definition) is 0. The highest BCUT2D eigenvalue weighted by atomic mass is 35.5. The van der Waals surface area contributed by atoms with Crippen LogP contribution in [-0.4, -0.2) is 0 Å². The fourth-order valence-electron chi connectivity index (χ4n) is 5.34. The van der Waals surface area contributed by atoms with E-state index in [4.69, 9.17) is 16.0 Å². The molecule has 0 fully saturated rings. The quantitative estimate of drug-likeness (QED) is 0.260. The first-order valence-electron chi connectivity index (χ1n) is 11.2. The van der Waals surface area contributed by atoms with E-state index in [-0.39, 0.29) is 0 Å². The van der Waals surface area contributed by atoms with Gasteiger partial charge in [-0.05, 0) is 51.6 Å².